The lowest BCUT2D eigenvalue weighted by molar-refractivity contribution is 0.0664. The van der Waals surface area contributed by atoms with E-state index in [9.17, 15) is 4.79 Å². The Morgan fingerprint density at radius 3 is 2.56 bits per heavy atom. The van der Waals surface area contributed by atoms with E-state index in [1.807, 2.05) is 46.2 Å². The van der Waals surface area contributed by atoms with E-state index in [1.165, 1.54) is 13.2 Å². The lowest BCUT2D eigenvalue weighted by Gasteiger charge is -2.32. The first-order chi connectivity index (χ1) is 19.9. The van der Waals surface area contributed by atoms with Crippen LogP contribution in [-0.2, 0) is 6.42 Å². The van der Waals surface area contributed by atoms with Crippen LogP contribution in [0.3, 0.4) is 0 Å². The summed E-state index contributed by atoms with van der Waals surface area (Å²) in [6, 6.07) is 17.7. The zero-order chi connectivity index (χ0) is 28.5. The van der Waals surface area contributed by atoms with E-state index in [2.05, 4.69) is 22.2 Å². The van der Waals surface area contributed by atoms with E-state index < -0.39 is 0 Å². The molecule has 1 amide bonds. The quantitative estimate of drug-likeness (QED) is 0.325. The van der Waals surface area contributed by atoms with E-state index in [4.69, 9.17) is 21.3 Å². The van der Waals surface area contributed by atoms with Crippen LogP contribution in [0, 0.1) is 5.82 Å². The molecule has 0 spiro atoms. The van der Waals surface area contributed by atoms with Crippen molar-refractivity contribution in [2.24, 2.45) is 0 Å². The van der Waals surface area contributed by atoms with Crippen LogP contribution in [0.1, 0.15) is 15.9 Å². The van der Waals surface area contributed by atoms with E-state index in [1.54, 1.807) is 24.4 Å². The van der Waals surface area contributed by atoms with Crippen molar-refractivity contribution in [2.75, 3.05) is 57.1 Å². The molecule has 41 heavy (non-hydrogen) atoms. The molecule has 2 aliphatic heterocycles. The number of likely N-dealkylation sites (N-methyl/N-ethyl adjacent to an activating group) is 1. The number of para-hydroxylation sites is 1. The number of amides is 1. The number of fused-ring (bicyclic) bond motifs is 3. The normalized spacial score (nSPS) is 15.1. The van der Waals surface area contributed by atoms with Gasteiger partial charge in [-0.1, -0.05) is 17.7 Å². The van der Waals surface area contributed by atoms with E-state index in [0.29, 0.717) is 40.9 Å². The van der Waals surface area contributed by atoms with Crippen molar-refractivity contribution < 1.29 is 13.9 Å². The fraction of sp³-hybridized carbons (Fsp3) is 0.258. The summed E-state index contributed by atoms with van der Waals surface area (Å²) in [5.74, 6) is 0.506. The standard InChI is InChI=1S/C31H30ClFN6O2/c1-37-14-16-38(17-15-37)30(40)20-6-9-23(10-7-20)35-31-34-19-21-12-13-39(29-25(33)4-3-5-27(29)41-2)26-18-22(32)8-11-24(26)28(21)36-31/h3-11,18-19H,12-17H2,1-2H3,(H,34,35,36). The lowest BCUT2D eigenvalue weighted by Crippen LogP contribution is -2.47. The Kier molecular flexibility index (Phi) is 7.47. The predicted octanol–water partition coefficient (Wildman–Crippen LogP) is 5.77. The summed E-state index contributed by atoms with van der Waals surface area (Å²) in [6.07, 6.45) is 2.39. The van der Waals surface area contributed by atoms with Gasteiger partial charge in [0.15, 0.2) is 5.82 Å². The molecule has 1 saturated heterocycles. The molecule has 0 saturated carbocycles. The topological polar surface area (TPSA) is 73.8 Å². The summed E-state index contributed by atoms with van der Waals surface area (Å²) < 4.78 is 20.7. The van der Waals surface area contributed by atoms with Crippen molar-refractivity contribution in [3.8, 4) is 17.0 Å². The van der Waals surface area contributed by atoms with Gasteiger partial charge in [0, 0.05) is 60.8 Å². The third-order valence-electron chi connectivity index (χ3n) is 7.59. The number of carbonyl (C=O) groups is 1. The number of nitrogens with one attached hydrogen (secondary N) is 1. The van der Waals surface area contributed by atoms with Crippen LogP contribution in [0.25, 0.3) is 11.3 Å². The van der Waals surface area contributed by atoms with Crippen LogP contribution in [0.5, 0.6) is 5.75 Å². The molecule has 0 bridgehead atoms. The monoisotopic (exact) mass is 572 g/mol. The predicted molar refractivity (Wildman–Crippen MR) is 159 cm³/mol. The number of rotatable bonds is 5. The van der Waals surface area contributed by atoms with E-state index >= 15 is 4.39 Å². The fourth-order valence-corrected chi connectivity index (χ4v) is 5.50. The molecule has 0 aliphatic carbocycles. The molecule has 210 valence electrons. The molecule has 1 N–H and O–H groups in total. The highest BCUT2D eigenvalue weighted by atomic mass is 35.5. The maximum atomic E-state index is 15.2. The Bertz CT molecular complexity index is 1590. The molecule has 8 nitrogen and oxygen atoms in total. The van der Waals surface area contributed by atoms with Gasteiger partial charge in [-0.3, -0.25) is 4.79 Å². The van der Waals surface area contributed by atoms with Gasteiger partial charge in [0.2, 0.25) is 5.95 Å². The first kappa shape index (κ1) is 27.0. The molecule has 10 heteroatoms. The minimum Gasteiger partial charge on any atom is -0.494 e. The maximum Gasteiger partial charge on any atom is 0.253 e. The number of nitrogens with zero attached hydrogens (tertiary/aromatic N) is 5. The van der Waals surface area contributed by atoms with Crippen LogP contribution in [0.15, 0.2) is 66.9 Å². The van der Waals surface area contributed by atoms with Gasteiger partial charge in [-0.25, -0.2) is 14.4 Å². The number of carbonyl (C=O) groups excluding carboxylic acids is 1. The highest BCUT2D eigenvalue weighted by Crippen LogP contribution is 2.44. The summed E-state index contributed by atoms with van der Waals surface area (Å²) in [6.45, 7) is 3.69. The average Bonchev–Trinajstić information content (AvgIpc) is 3.13. The highest BCUT2D eigenvalue weighted by molar-refractivity contribution is 6.31. The molecule has 4 aromatic rings. The van der Waals surface area contributed by atoms with Crippen LogP contribution < -0.4 is 15.0 Å². The van der Waals surface area contributed by atoms with Gasteiger partial charge in [-0.2, -0.15) is 0 Å². The molecule has 0 atom stereocenters. The molecule has 0 radical (unpaired) electrons. The first-order valence-corrected chi connectivity index (χ1v) is 13.9. The van der Waals surface area contributed by atoms with Gasteiger partial charge in [-0.05, 0) is 73.6 Å². The van der Waals surface area contributed by atoms with Crippen molar-refractivity contribution in [1.82, 2.24) is 19.8 Å². The summed E-state index contributed by atoms with van der Waals surface area (Å²) in [5.41, 5.74) is 4.99. The van der Waals surface area contributed by atoms with Crippen molar-refractivity contribution in [3.05, 3.63) is 88.8 Å². The third-order valence-corrected chi connectivity index (χ3v) is 7.83. The summed E-state index contributed by atoms with van der Waals surface area (Å²) >= 11 is 6.43. The first-order valence-electron chi connectivity index (χ1n) is 13.5. The number of methoxy groups -OCH3 is 1. The second-order valence-corrected chi connectivity index (χ2v) is 10.7. The van der Waals surface area contributed by atoms with Crippen molar-refractivity contribution in [2.45, 2.75) is 6.42 Å². The number of anilines is 4. The number of halogens is 2. The van der Waals surface area contributed by atoms with Crippen LogP contribution in [-0.4, -0.2) is 72.6 Å². The highest BCUT2D eigenvalue weighted by Gasteiger charge is 2.27. The number of ether oxygens (including phenoxy) is 1. The second-order valence-electron chi connectivity index (χ2n) is 10.2. The molecule has 6 rings (SSSR count). The van der Waals surface area contributed by atoms with Gasteiger partial charge < -0.3 is 24.8 Å². The Balaban J connectivity index is 1.29. The fourth-order valence-electron chi connectivity index (χ4n) is 5.34. The third kappa shape index (κ3) is 5.42. The molecule has 1 aromatic heterocycles. The largest absolute Gasteiger partial charge is 0.494 e. The van der Waals surface area contributed by atoms with Gasteiger partial charge in [-0.15, -0.1) is 0 Å². The van der Waals surface area contributed by atoms with Gasteiger partial charge >= 0.3 is 0 Å². The van der Waals surface area contributed by atoms with Crippen LogP contribution in [0.4, 0.5) is 27.4 Å². The average molecular weight is 573 g/mol. The minimum absolute atomic E-state index is 0.0391. The zero-order valence-electron chi connectivity index (χ0n) is 22.9. The molecule has 3 aromatic carbocycles. The van der Waals surface area contributed by atoms with Gasteiger partial charge in [0.25, 0.3) is 5.91 Å². The van der Waals surface area contributed by atoms with Crippen LogP contribution >= 0.6 is 11.6 Å². The van der Waals surface area contributed by atoms with Gasteiger partial charge in [0.05, 0.1) is 18.5 Å². The van der Waals surface area contributed by atoms with Crippen molar-refractivity contribution in [1.29, 1.82) is 0 Å². The maximum absolute atomic E-state index is 15.2. The molecular formula is C31H30ClFN6O2. The van der Waals surface area contributed by atoms with E-state index in [0.717, 1.165) is 54.4 Å². The molecule has 0 unspecified atom stereocenters. The number of piperazine rings is 1. The molecule has 3 heterocycles. The van der Waals surface area contributed by atoms with E-state index in [-0.39, 0.29) is 11.7 Å². The van der Waals surface area contributed by atoms with Gasteiger partial charge in [0.1, 0.15) is 11.4 Å². The Labute approximate surface area is 243 Å². The Morgan fingerprint density at radius 1 is 1.02 bits per heavy atom. The van der Waals surface area contributed by atoms with Crippen LogP contribution in [0.2, 0.25) is 5.02 Å². The summed E-state index contributed by atoms with van der Waals surface area (Å²) in [7, 11) is 3.60. The lowest BCUT2D eigenvalue weighted by atomic mass is 10.0. The summed E-state index contributed by atoms with van der Waals surface area (Å²) in [4.78, 5) is 28.4. The number of hydrogen-bond acceptors (Lipinski definition) is 7. The number of benzene rings is 3. The smallest absolute Gasteiger partial charge is 0.253 e. The molecule has 1 fully saturated rings. The Morgan fingerprint density at radius 2 is 1.80 bits per heavy atom. The number of hydrogen-bond donors (Lipinski definition) is 1. The minimum atomic E-state index is -0.385. The Hall–Kier alpha value is -4.21. The van der Waals surface area contributed by atoms with Crippen molar-refractivity contribution >= 4 is 40.5 Å². The zero-order valence-corrected chi connectivity index (χ0v) is 23.7. The second kappa shape index (κ2) is 11.3. The van der Waals surface area contributed by atoms with Crippen molar-refractivity contribution in [3.63, 3.8) is 0 Å². The molecule has 2 aliphatic rings. The number of aromatic nitrogens is 2. The molecular weight excluding hydrogens is 543 g/mol. The summed E-state index contributed by atoms with van der Waals surface area (Å²) in [5, 5.41) is 3.80. The SMILES string of the molecule is COc1cccc(F)c1N1CCc2cnc(Nc3ccc(C(=O)N4CCN(C)CC4)cc3)nc2-c2ccc(Cl)cc21.